The lowest BCUT2D eigenvalue weighted by molar-refractivity contribution is -0.155. The first-order valence-electron chi connectivity index (χ1n) is 28.1. The zero-order chi connectivity index (χ0) is 57.6. The Morgan fingerprint density at radius 3 is 2.28 bits per heavy atom. The van der Waals surface area contributed by atoms with Crippen molar-refractivity contribution < 1.29 is 62.0 Å². The summed E-state index contributed by atoms with van der Waals surface area (Å²) >= 11 is 0. The Morgan fingerprint density at radius 1 is 0.886 bits per heavy atom. The second kappa shape index (κ2) is 31.4. The number of epoxide rings is 1. The molecule has 4 fully saturated rings. The molecule has 9 N–H and O–H groups in total. The van der Waals surface area contributed by atoms with E-state index in [1.807, 2.05) is 26.0 Å². The van der Waals surface area contributed by atoms with Crippen LogP contribution in [0.1, 0.15) is 138 Å². The quantitative estimate of drug-likeness (QED) is 0.0198. The van der Waals surface area contributed by atoms with Gasteiger partial charge in [0.15, 0.2) is 0 Å². The molecule has 0 unspecified atom stereocenters. The number of rotatable bonds is 27. The van der Waals surface area contributed by atoms with Gasteiger partial charge in [0.1, 0.15) is 24.8 Å². The van der Waals surface area contributed by atoms with Gasteiger partial charge in [0, 0.05) is 57.6 Å². The maximum Gasteiger partial charge on any atom is 0.429 e. The van der Waals surface area contributed by atoms with E-state index in [0.29, 0.717) is 76.0 Å². The van der Waals surface area contributed by atoms with Gasteiger partial charge >= 0.3 is 18.1 Å². The highest BCUT2D eigenvalue weighted by Crippen LogP contribution is 2.43. The minimum absolute atomic E-state index is 0.0362. The number of esters is 1. The van der Waals surface area contributed by atoms with Gasteiger partial charge in [-0.05, 0) is 114 Å². The molecule has 8 amide bonds. The highest BCUT2D eigenvalue weighted by Gasteiger charge is 2.52. The van der Waals surface area contributed by atoms with Crippen molar-refractivity contribution >= 4 is 53.3 Å². The highest BCUT2D eigenvalue weighted by atomic mass is 16.6. The third kappa shape index (κ3) is 21.7. The molecule has 4 saturated heterocycles. The van der Waals surface area contributed by atoms with Crippen LogP contribution in [0, 0.1) is 11.8 Å². The molecule has 0 bridgehead atoms. The fraction of sp³-hybridized carbons (Fsp3) is 0.649. The molecule has 1 aromatic rings. The maximum absolute atomic E-state index is 14.0. The summed E-state index contributed by atoms with van der Waals surface area (Å²) in [4.78, 5) is 102. The molecule has 4 aliphatic heterocycles. The lowest BCUT2D eigenvalue weighted by atomic mass is 9.88. The Hall–Kier alpha value is -6.36. The molecular weight excluding hydrogens is 1020 g/mol. The molecule has 4 heterocycles. The Bertz CT molecular complexity index is 2320. The topological polar surface area (TPSA) is 305 Å². The van der Waals surface area contributed by atoms with E-state index in [2.05, 4.69) is 39.6 Å². The van der Waals surface area contributed by atoms with Crippen LogP contribution in [-0.2, 0) is 59.1 Å². The molecule has 0 saturated carbocycles. The Morgan fingerprint density at radius 2 is 1.61 bits per heavy atom. The number of hydrazine groups is 1. The van der Waals surface area contributed by atoms with E-state index in [9.17, 15) is 38.4 Å². The molecular formula is C57H87N9O13. The lowest BCUT2D eigenvalue weighted by Crippen LogP contribution is -2.54. The minimum Gasteiger partial charge on any atom is -0.459 e. The largest absolute Gasteiger partial charge is 0.459 e. The highest BCUT2D eigenvalue weighted by molar-refractivity contribution is 5.98. The monoisotopic (exact) mass is 1110 g/mol. The van der Waals surface area contributed by atoms with Crippen LogP contribution in [0.15, 0.2) is 60.2 Å². The van der Waals surface area contributed by atoms with Crippen molar-refractivity contribution in [2.75, 3.05) is 38.1 Å². The Kier molecular flexibility index (Phi) is 25.3. The first-order valence-corrected chi connectivity index (χ1v) is 28.1. The molecule has 22 heteroatoms. The van der Waals surface area contributed by atoms with Gasteiger partial charge in [-0.2, -0.15) is 0 Å². The van der Waals surface area contributed by atoms with Gasteiger partial charge in [0.05, 0.1) is 49.1 Å². The number of primary amides is 1. The lowest BCUT2D eigenvalue weighted by Gasteiger charge is -2.39. The molecule has 0 aromatic heterocycles. The van der Waals surface area contributed by atoms with E-state index in [1.54, 1.807) is 51.1 Å². The molecule has 4 aliphatic rings. The van der Waals surface area contributed by atoms with E-state index in [-0.39, 0.29) is 91.9 Å². The molecule has 0 radical (unpaired) electrons. The van der Waals surface area contributed by atoms with Crippen LogP contribution >= 0.6 is 0 Å². The maximum atomic E-state index is 14.0. The third-order valence-electron chi connectivity index (χ3n) is 14.5. The normalized spacial score (nSPS) is 24.3. The van der Waals surface area contributed by atoms with E-state index >= 15 is 0 Å². The van der Waals surface area contributed by atoms with Gasteiger partial charge in [-0.1, -0.05) is 63.1 Å². The fourth-order valence-electron chi connectivity index (χ4n) is 9.96. The number of urea groups is 1. The molecule has 0 aliphatic carbocycles. The fourth-order valence-corrected chi connectivity index (χ4v) is 9.96. The van der Waals surface area contributed by atoms with Crippen molar-refractivity contribution in [1.29, 1.82) is 0 Å². The van der Waals surface area contributed by atoms with Crippen molar-refractivity contribution in [1.82, 2.24) is 31.3 Å². The number of hydrogen-bond donors (Lipinski definition) is 7. The average molecular weight is 1110 g/mol. The Balaban J connectivity index is 1.10. The SMILES string of the molecule is CC(=O)O[C@@H](C)/C=C\C(=O)N[C@@H]1C[C@H](C)[C@H](C/C=C(C)/C=C/[C@@H]2C[C@]3(CO3)C[C@@H](CC(=O)N3CCCCN3C(=O)OCc3ccc(NC(=O)[C@H](CCCNC(N)=O)NC(=O)[C@@H](NC(=O)CCCCCN)C(C)C)cc3)O2)O[C@@H]1C. The standard InChI is InChI=1S/C57H87N9O13/c1-36(2)52(64-49(68)15-9-8-10-26-58)54(72)63-46(14-13-27-60-55(59)73)53(71)61-43-21-19-42(20-22-43)34-75-56(74)66-29-12-11-28-65(66)51(70)31-45-33-57(35-76-57)32-44(79-45)23-16-37(3)17-24-48-38(4)30-47(40(6)78-48)62-50(69)25-18-39(5)77-41(7)67/h16-23,25,36,38-40,44-48,52H,8-15,24,26-35,58H2,1-7H3,(H,61,71)(H,62,69)(H,63,72)(H,64,68)(H3,59,60,73)/b23-16+,25-18-,37-17+/t38-,39-,40+,44+,45+,46-,47+,48-,52-,57+/m0/s1. The predicted molar refractivity (Wildman–Crippen MR) is 295 cm³/mol. The minimum atomic E-state index is -1.02. The molecule has 1 aromatic carbocycles. The van der Waals surface area contributed by atoms with Crippen molar-refractivity contribution in [3.8, 4) is 0 Å². The number of allylic oxidation sites excluding steroid dienone is 2. The van der Waals surface area contributed by atoms with Gasteiger partial charge in [-0.25, -0.2) is 19.6 Å². The average Bonchev–Trinajstić information content (AvgIpc) is 4.17. The van der Waals surface area contributed by atoms with Crippen LogP contribution in [0.2, 0.25) is 0 Å². The van der Waals surface area contributed by atoms with Crippen LogP contribution in [0.4, 0.5) is 15.3 Å². The van der Waals surface area contributed by atoms with Crippen LogP contribution in [-0.4, -0.2) is 145 Å². The zero-order valence-corrected chi connectivity index (χ0v) is 47.3. The summed E-state index contributed by atoms with van der Waals surface area (Å²) in [6.07, 6.45) is 14.0. The van der Waals surface area contributed by atoms with Gasteiger partial charge in [-0.3, -0.25) is 28.8 Å². The number of amides is 8. The number of carbonyl (C=O) groups excluding carboxylic acids is 8. The van der Waals surface area contributed by atoms with E-state index in [1.165, 1.54) is 23.0 Å². The Labute approximate surface area is 465 Å². The van der Waals surface area contributed by atoms with Gasteiger partial charge in [-0.15, -0.1) is 0 Å². The summed E-state index contributed by atoms with van der Waals surface area (Å²) in [6.45, 7) is 14.5. The van der Waals surface area contributed by atoms with Gasteiger partial charge in [0.25, 0.3) is 0 Å². The summed E-state index contributed by atoms with van der Waals surface area (Å²) in [5.41, 5.74) is 12.5. The summed E-state index contributed by atoms with van der Waals surface area (Å²) < 4.78 is 29.6. The summed E-state index contributed by atoms with van der Waals surface area (Å²) in [5.74, 6) is -2.33. The molecule has 10 atom stereocenters. The summed E-state index contributed by atoms with van der Waals surface area (Å²) in [7, 11) is 0. The summed E-state index contributed by atoms with van der Waals surface area (Å²) in [6, 6.07) is 3.87. The summed E-state index contributed by atoms with van der Waals surface area (Å²) in [5, 5.41) is 16.7. The van der Waals surface area contributed by atoms with Gasteiger partial charge < -0.3 is 61.7 Å². The molecule has 5 rings (SSSR count). The van der Waals surface area contributed by atoms with Crippen molar-refractivity contribution in [2.45, 2.75) is 193 Å². The van der Waals surface area contributed by atoms with E-state index in [0.717, 1.165) is 31.3 Å². The van der Waals surface area contributed by atoms with Crippen molar-refractivity contribution in [3.63, 3.8) is 0 Å². The van der Waals surface area contributed by atoms with Crippen molar-refractivity contribution in [3.05, 3.63) is 65.8 Å². The number of ether oxygens (including phenoxy) is 5. The number of anilines is 1. The van der Waals surface area contributed by atoms with Crippen molar-refractivity contribution in [2.24, 2.45) is 23.3 Å². The third-order valence-corrected chi connectivity index (χ3v) is 14.5. The van der Waals surface area contributed by atoms with Crippen LogP contribution in [0.3, 0.4) is 0 Å². The number of nitrogens with two attached hydrogens (primary N) is 2. The second-order valence-electron chi connectivity index (χ2n) is 21.8. The zero-order valence-electron chi connectivity index (χ0n) is 47.3. The molecule has 79 heavy (non-hydrogen) atoms. The smallest absolute Gasteiger partial charge is 0.429 e. The van der Waals surface area contributed by atoms with E-state index in [4.69, 9.17) is 35.2 Å². The number of nitrogens with one attached hydrogen (secondary N) is 5. The van der Waals surface area contributed by atoms with E-state index < -0.39 is 54.2 Å². The molecule has 1 spiro atoms. The molecule has 22 nitrogen and oxygen atoms in total. The second-order valence-corrected chi connectivity index (χ2v) is 21.8. The number of nitrogens with zero attached hydrogens (tertiary/aromatic N) is 2. The van der Waals surface area contributed by atoms with Gasteiger partial charge in [0.2, 0.25) is 29.5 Å². The van der Waals surface area contributed by atoms with Crippen LogP contribution in [0.25, 0.3) is 0 Å². The number of unbranched alkanes of at least 4 members (excludes halogenated alkanes) is 2. The van der Waals surface area contributed by atoms with Crippen LogP contribution in [0.5, 0.6) is 0 Å². The number of carbonyl (C=O) groups is 8. The first-order chi connectivity index (χ1) is 37.6. The number of benzene rings is 1. The number of hydrogen-bond acceptors (Lipinski definition) is 14. The van der Waals surface area contributed by atoms with Crippen LogP contribution < -0.4 is 38.1 Å². The predicted octanol–water partition coefficient (Wildman–Crippen LogP) is 5.10. The molecule has 438 valence electrons. The first kappa shape index (κ1) is 63.5.